The fourth-order valence-electron chi connectivity index (χ4n) is 2.66. The van der Waals surface area contributed by atoms with Gasteiger partial charge < -0.3 is 5.11 Å². The molecule has 0 amide bonds. The van der Waals surface area contributed by atoms with E-state index in [1.807, 2.05) is 11.8 Å². The third kappa shape index (κ3) is 3.20. The van der Waals surface area contributed by atoms with Crippen molar-refractivity contribution in [1.29, 1.82) is 0 Å². The molecule has 1 aliphatic rings. The summed E-state index contributed by atoms with van der Waals surface area (Å²) in [6.45, 7) is 4.63. The van der Waals surface area contributed by atoms with Crippen LogP contribution in [0.5, 0.6) is 0 Å². The number of benzene rings is 1. The molecule has 0 radical (unpaired) electrons. The summed E-state index contributed by atoms with van der Waals surface area (Å²) in [6, 6.07) is 4.96. The van der Waals surface area contributed by atoms with E-state index in [4.69, 9.17) is 0 Å². The van der Waals surface area contributed by atoms with Gasteiger partial charge >= 0.3 is 12.1 Å². The van der Waals surface area contributed by atoms with Gasteiger partial charge in [0.25, 0.3) is 0 Å². The van der Waals surface area contributed by atoms with Crippen molar-refractivity contribution >= 4 is 5.97 Å². The molecule has 1 heterocycles. The normalized spacial score (nSPS) is 25.0. The standard InChI is InChI=1S/C15H18F3NO2/c1-10(19-8-7-14(2,9-19)13(20)21)11-3-5-12(6-4-11)15(16,17)18/h3-6,10H,7-9H2,1-2H3,(H,20,21). The zero-order valence-electron chi connectivity index (χ0n) is 11.9. The van der Waals surface area contributed by atoms with Crippen LogP contribution in [-0.4, -0.2) is 29.1 Å². The first kappa shape index (κ1) is 15.8. The second-order valence-electron chi connectivity index (χ2n) is 5.88. The molecule has 1 aliphatic heterocycles. The van der Waals surface area contributed by atoms with Crippen LogP contribution in [0.2, 0.25) is 0 Å². The van der Waals surface area contributed by atoms with Crippen LogP contribution in [0, 0.1) is 5.41 Å². The van der Waals surface area contributed by atoms with Gasteiger partial charge in [-0.3, -0.25) is 9.69 Å². The molecule has 6 heteroatoms. The highest BCUT2D eigenvalue weighted by Gasteiger charge is 2.42. The Kier molecular flexibility index (Phi) is 4.02. The maximum absolute atomic E-state index is 12.5. The van der Waals surface area contributed by atoms with E-state index in [1.54, 1.807) is 6.92 Å². The Morgan fingerprint density at radius 3 is 2.33 bits per heavy atom. The van der Waals surface area contributed by atoms with Crippen molar-refractivity contribution in [3.8, 4) is 0 Å². The highest BCUT2D eigenvalue weighted by Crippen LogP contribution is 2.36. The van der Waals surface area contributed by atoms with Crippen molar-refractivity contribution in [3.05, 3.63) is 35.4 Å². The van der Waals surface area contributed by atoms with E-state index >= 15 is 0 Å². The minimum Gasteiger partial charge on any atom is -0.481 e. The second-order valence-corrected chi connectivity index (χ2v) is 5.88. The van der Waals surface area contributed by atoms with Crippen LogP contribution < -0.4 is 0 Å². The minimum absolute atomic E-state index is 0.103. The van der Waals surface area contributed by atoms with Crippen molar-refractivity contribution in [3.63, 3.8) is 0 Å². The first-order valence-electron chi connectivity index (χ1n) is 6.78. The van der Waals surface area contributed by atoms with Crippen LogP contribution in [0.15, 0.2) is 24.3 Å². The SMILES string of the molecule is CC(c1ccc(C(F)(F)F)cc1)N1CCC(C)(C(=O)O)C1. The maximum atomic E-state index is 12.5. The third-order valence-corrected chi connectivity index (χ3v) is 4.29. The van der Waals surface area contributed by atoms with E-state index in [1.165, 1.54) is 12.1 Å². The average molecular weight is 301 g/mol. The number of alkyl halides is 3. The molecule has 1 N–H and O–H groups in total. The van der Waals surface area contributed by atoms with Crippen molar-refractivity contribution < 1.29 is 23.1 Å². The molecule has 2 unspecified atom stereocenters. The van der Waals surface area contributed by atoms with Crippen LogP contribution >= 0.6 is 0 Å². The number of carboxylic acid groups (broad SMARTS) is 1. The first-order valence-corrected chi connectivity index (χ1v) is 6.78. The number of halogens is 3. The lowest BCUT2D eigenvalue weighted by Gasteiger charge is -2.26. The lowest BCUT2D eigenvalue weighted by Crippen LogP contribution is -2.32. The Morgan fingerprint density at radius 2 is 1.90 bits per heavy atom. The van der Waals surface area contributed by atoms with Gasteiger partial charge in [-0.25, -0.2) is 0 Å². The van der Waals surface area contributed by atoms with Crippen molar-refractivity contribution in [2.24, 2.45) is 5.41 Å². The van der Waals surface area contributed by atoms with Gasteiger partial charge in [0, 0.05) is 12.6 Å². The maximum Gasteiger partial charge on any atom is 0.416 e. The Bertz CT molecular complexity index is 527. The van der Waals surface area contributed by atoms with Crippen LogP contribution in [0.3, 0.4) is 0 Å². The molecule has 1 fully saturated rings. The van der Waals surface area contributed by atoms with Crippen LogP contribution in [0.25, 0.3) is 0 Å². The molecule has 0 spiro atoms. The molecule has 0 aliphatic carbocycles. The minimum atomic E-state index is -4.34. The van der Waals surface area contributed by atoms with Crippen molar-refractivity contribution in [1.82, 2.24) is 4.90 Å². The Balaban J connectivity index is 2.11. The largest absolute Gasteiger partial charge is 0.481 e. The van der Waals surface area contributed by atoms with E-state index in [-0.39, 0.29) is 6.04 Å². The Hall–Kier alpha value is -1.56. The van der Waals surface area contributed by atoms with Gasteiger partial charge in [-0.2, -0.15) is 13.2 Å². The zero-order chi connectivity index (χ0) is 15.8. The number of nitrogens with zero attached hydrogens (tertiary/aromatic N) is 1. The summed E-state index contributed by atoms with van der Waals surface area (Å²) in [7, 11) is 0. The summed E-state index contributed by atoms with van der Waals surface area (Å²) < 4.78 is 37.6. The Morgan fingerprint density at radius 1 is 1.33 bits per heavy atom. The molecular formula is C15H18F3NO2. The number of likely N-dealkylation sites (tertiary alicyclic amines) is 1. The molecule has 0 saturated carbocycles. The summed E-state index contributed by atoms with van der Waals surface area (Å²) in [5, 5.41) is 9.22. The van der Waals surface area contributed by atoms with Crippen molar-refractivity contribution in [2.45, 2.75) is 32.5 Å². The van der Waals surface area contributed by atoms with Crippen LogP contribution in [0.4, 0.5) is 13.2 Å². The van der Waals surface area contributed by atoms with E-state index in [0.29, 0.717) is 19.5 Å². The van der Waals surface area contributed by atoms with Crippen LogP contribution in [-0.2, 0) is 11.0 Å². The molecule has 116 valence electrons. The average Bonchev–Trinajstić information content (AvgIpc) is 2.81. The van der Waals surface area contributed by atoms with Gasteiger partial charge in [0.15, 0.2) is 0 Å². The summed E-state index contributed by atoms with van der Waals surface area (Å²) in [5.74, 6) is -0.829. The second kappa shape index (κ2) is 5.33. The van der Waals surface area contributed by atoms with Gasteiger partial charge in [0.05, 0.1) is 11.0 Å². The first-order chi connectivity index (χ1) is 9.63. The van der Waals surface area contributed by atoms with E-state index in [0.717, 1.165) is 17.7 Å². The van der Waals surface area contributed by atoms with Gasteiger partial charge in [0.2, 0.25) is 0 Å². The fourth-order valence-corrected chi connectivity index (χ4v) is 2.66. The third-order valence-electron chi connectivity index (χ3n) is 4.29. The zero-order valence-corrected chi connectivity index (χ0v) is 11.9. The summed E-state index contributed by atoms with van der Waals surface area (Å²) >= 11 is 0. The van der Waals surface area contributed by atoms with E-state index in [9.17, 15) is 23.1 Å². The predicted octanol–water partition coefficient (Wildman–Crippen LogP) is 3.56. The predicted molar refractivity (Wildman–Crippen MR) is 71.8 cm³/mol. The van der Waals surface area contributed by atoms with Gasteiger partial charge in [-0.05, 0) is 44.5 Å². The lowest BCUT2D eigenvalue weighted by atomic mass is 9.90. The number of hydrogen-bond acceptors (Lipinski definition) is 2. The smallest absolute Gasteiger partial charge is 0.416 e. The highest BCUT2D eigenvalue weighted by atomic mass is 19.4. The van der Waals surface area contributed by atoms with E-state index < -0.39 is 23.1 Å². The number of rotatable bonds is 3. The fraction of sp³-hybridized carbons (Fsp3) is 0.533. The molecule has 2 atom stereocenters. The summed E-state index contributed by atoms with van der Waals surface area (Å²) in [6.07, 6.45) is -3.79. The topological polar surface area (TPSA) is 40.5 Å². The quantitative estimate of drug-likeness (QED) is 0.928. The number of hydrogen-bond donors (Lipinski definition) is 1. The van der Waals surface area contributed by atoms with Gasteiger partial charge in [-0.1, -0.05) is 12.1 Å². The van der Waals surface area contributed by atoms with Gasteiger partial charge in [0.1, 0.15) is 0 Å². The number of aliphatic carboxylic acids is 1. The summed E-state index contributed by atoms with van der Waals surface area (Å²) in [5.41, 5.74) is -0.687. The lowest BCUT2D eigenvalue weighted by molar-refractivity contribution is -0.147. The molecule has 21 heavy (non-hydrogen) atoms. The number of carboxylic acids is 1. The molecule has 1 saturated heterocycles. The number of carbonyl (C=O) groups is 1. The summed E-state index contributed by atoms with van der Waals surface area (Å²) in [4.78, 5) is 13.2. The molecule has 0 bridgehead atoms. The molecule has 0 aromatic heterocycles. The molecule has 1 aromatic rings. The van der Waals surface area contributed by atoms with E-state index in [2.05, 4.69) is 0 Å². The van der Waals surface area contributed by atoms with Gasteiger partial charge in [-0.15, -0.1) is 0 Å². The molecular weight excluding hydrogens is 283 g/mol. The molecule has 2 rings (SSSR count). The molecule has 3 nitrogen and oxygen atoms in total. The Labute approximate surface area is 121 Å². The monoisotopic (exact) mass is 301 g/mol. The highest BCUT2D eigenvalue weighted by molar-refractivity contribution is 5.74. The van der Waals surface area contributed by atoms with Crippen molar-refractivity contribution in [2.75, 3.05) is 13.1 Å². The molecule has 1 aromatic carbocycles. The van der Waals surface area contributed by atoms with Crippen LogP contribution in [0.1, 0.15) is 37.4 Å².